The number of aliphatic hydroxyl groups is 1. The quantitative estimate of drug-likeness (QED) is 0.252. The van der Waals surface area contributed by atoms with Crippen molar-refractivity contribution in [2.24, 2.45) is 7.05 Å². The molecule has 0 bridgehead atoms. The largest absolute Gasteiger partial charge is 0.573 e. The number of ether oxygens (including phenoxy) is 2. The average molecular weight is 544 g/mol. The molecule has 204 valence electrons. The Kier molecular flexibility index (Phi) is 7.81. The summed E-state index contributed by atoms with van der Waals surface area (Å²) in [5, 5.41) is 11.4. The summed E-state index contributed by atoms with van der Waals surface area (Å²) in [6.45, 7) is 1.90. The van der Waals surface area contributed by atoms with Gasteiger partial charge in [-0.3, -0.25) is 23.7 Å². The van der Waals surface area contributed by atoms with Gasteiger partial charge in [0.15, 0.2) is 0 Å². The molecule has 39 heavy (non-hydrogen) atoms. The minimum atomic E-state index is -4.94. The second-order valence-electron chi connectivity index (χ2n) is 8.64. The summed E-state index contributed by atoms with van der Waals surface area (Å²) in [5.41, 5.74) is -0.230. The maximum absolute atomic E-state index is 13.7. The van der Waals surface area contributed by atoms with E-state index in [0.29, 0.717) is 0 Å². The van der Waals surface area contributed by atoms with Crippen LogP contribution in [-0.4, -0.2) is 43.7 Å². The minimum Gasteiger partial charge on any atom is -0.468 e. The molecule has 0 saturated heterocycles. The van der Waals surface area contributed by atoms with Gasteiger partial charge < -0.3 is 14.6 Å². The second kappa shape index (κ2) is 11.1. The number of carbonyl (C=O) groups excluding carboxylic acids is 1. The summed E-state index contributed by atoms with van der Waals surface area (Å²) in [6, 6.07) is 8.27. The third kappa shape index (κ3) is 5.82. The molecule has 10 nitrogen and oxygen atoms in total. The van der Waals surface area contributed by atoms with Gasteiger partial charge in [0.2, 0.25) is 0 Å². The van der Waals surface area contributed by atoms with Crippen LogP contribution in [0.4, 0.5) is 13.2 Å². The molecule has 0 aliphatic carbocycles. The standard InChI is InChI=1S/C26H23F3N4O6/c1-15-7-8-19(30-12-15)22(35)20-18(16-5-3-6-17(11-16)39-26(27,28)29)13-31-23-21(20)24(36)33(25(37)32(23)2)9-4-10-38-14-34/h3,5-8,11-14,22,35H,4,9-10H2,1-2H3. The third-order valence-electron chi connectivity index (χ3n) is 5.97. The van der Waals surface area contributed by atoms with E-state index >= 15 is 0 Å². The monoisotopic (exact) mass is 544 g/mol. The van der Waals surface area contributed by atoms with E-state index in [9.17, 15) is 32.7 Å². The molecule has 0 saturated carbocycles. The highest BCUT2D eigenvalue weighted by Gasteiger charge is 2.31. The SMILES string of the molecule is Cc1ccc(C(O)c2c(-c3cccc(OC(F)(F)F)c3)cnc3c2c(=O)n(CCCOC=O)c(=O)n3C)nc1. The predicted molar refractivity (Wildman–Crippen MR) is 133 cm³/mol. The molecule has 1 unspecified atom stereocenters. The Labute approximate surface area is 218 Å². The van der Waals surface area contributed by atoms with E-state index in [1.807, 2.05) is 0 Å². The highest BCUT2D eigenvalue weighted by atomic mass is 19.4. The van der Waals surface area contributed by atoms with Crippen LogP contribution < -0.4 is 16.0 Å². The van der Waals surface area contributed by atoms with Gasteiger partial charge in [-0.25, -0.2) is 9.78 Å². The number of carbonyl (C=O) groups is 1. The summed E-state index contributed by atoms with van der Waals surface area (Å²) in [5.74, 6) is -0.512. The van der Waals surface area contributed by atoms with Crippen LogP contribution in [0.25, 0.3) is 22.2 Å². The number of aryl methyl sites for hydroxylation is 2. The van der Waals surface area contributed by atoms with Crippen LogP contribution in [-0.2, 0) is 23.1 Å². The zero-order valence-electron chi connectivity index (χ0n) is 20.8. The summed E-state index contributed by atoms with van der Waals surface area (Å²) in [4.78, 5) is 45.7. The fourth-order valence-electron chi connectivity index (χ4n) is 4.19. The fraction of sp³-hybridized carbons (Fsp3) is 0.269. The lowest BCUT2D eigenvalue weighted by molar-refractivity contribution is -0.274. The number of benzene rings is 1. The van der Waals surface area contributed by atoms with E-state index in [1.54, 1.807) is 19.1 Å². The molecular formula is C26H23F3N4O6. The number of nitrogens with zero attached hydrogens (tertiary/aromatic N) is 4. The predicted octanol–water partition coefficient (Wildman–Crippen LogP) is 3.01. The van der Waals surface area contributed by atoms with Gasteiger partial charge in [-0.2, -0.15) is 0 Å². The van der Waals surface area contributed by atoms with E-state index in [4.69, 9.17) is 0 Å². The number of hydrogen-bond acceptors (Lipinski definition) is 8. The number of rotatable bonds is 9. The van der Waals surface area contributed by atoms with Crippen molar-refractivity contribution in [1.29, 1.82) is 0 Å². The van der Waals surface area contributed by atoms with Gasteiger partial charge in [0.25, 0.3) is 12.0 Å². The highest BCUT2D eigenvalue weighted by molar-refractivity contribution is 5.87. The molecule has 3 aromatic heterocycles. The Morgan fingerprint density at radius 2 is 1.90 bits per heavy atom. The third-order valence-corrected chi connectivity index (χ3v) is 5.97. The summed E-state index contributed by atoms with van der Waals surface area (Å²) >= 11 is 0. The minimum absolute atomic E-state index is 0.000923. The first-order valence-electron chi connectivity index (χ1n) is 11.7. The van der Waals surface area contributed by atoms with E-state index in [2.05, 4.69) is 19.4 Å². The van der Waals surface area contributed by atoms with E-state index in [-0.39, 0.29) is 59.5 Å². The van der Waals surface area contributed by atoms with Gasteiger partial charge in [-0.1, -0.05) is 18.2 Å². The lowest BCUT2D eigenvalue weighted by Gasteiger charge is -2.20. The van der Waals surface area contributed by atoms with Crippen LogP contribution in [0.15, 0.2) is 58.4 Å². The molecule has 13 heteroatoms. The number of pyridine rings is 2. The van der Waals surface area contributed by atoms with Crippen molar-refractivity contribution < 1.29 is 32.5 Å². The normalized spacial score (nSPS) is 12.4. The topological polar surface area (TPSA) is 126 Å². The Morgan fingerprint density at radius 1 is 1.13 bits per heavy atom. The molecule has 0 spiro atoms. The number of aliphatic hydroxyl groups excluding tert-OH is 1. The Bertz CT molecular complexity index is 1630. The molecule has 0 amide bonds. The highest BCUT2D eigenvalue weighted by Crippen LogP contribution is 2.36. The lowest BCUT2D eigenvalue weighted by atomic mass is 9.93. The van der Waals surface area contributed by atoms with Gasteiger partial charge in [-0.15, -0.1) is 13.2 Å². The smallest absolute Gasteiger partial charge is 0.468 e. The van der Waals surface area contributed by atoms with Crippen molar-refractivity contribution in [2.45, 2.75) is 32.4 Å². The molecule has 1 N–H and O–H groups in total. The van der Waals surface area contributed by atoms with Crippen molar-refractivity contribution in [3.63, 3.8) is 0 Å². The fourth-order valence-corrected chi connectivity index (χ4v) is 4.19. The molecule has 4 rings (SSSR count). The van der Waals surface area contributed by atoms with Crippen molar-refractivity contribution in [3.05, 3.63) is 86.5 Å². The van der Waals surface area contributed by atoms with E-state index in [0.717, 1.165) is 26.8 Å². The Morgan fingerprint density at radius 3 is 2.56 bits per heavy atom. The molecule has 1 atom stereocenters. The van der Waals surface area contributed by atoms with Crippen LogP contribution in [0, 0.1) is 6.92 Å². The van der Waals surface area contributed by atoms with Crippen LogP contribution in [0.2, 0.25) is 0 Å². The molecule has 0 fully saturated rings. The first-order chi connectivity index (χ1) is 18.5. The molecule has 0 aliphatic heterocycles. The van der Waals surface area contributed by atoms with Gasteiger partial charge in [0.05, 0.1) is 17.7 Å². The maximum atomic E-state index is 13.7. The number of alkyl halides is 3. The van der Waals surface area contributed by atoms with Crippen LogP contribution >= 0.6 is 0 Å². The van der Waals surface area contributed by atoms with Crippen LogP contribution in [0.1, 0.15) is 29.3 Å². The summed E-state index contributed by atoms with van der Waals surface area (Å²) in [6.07, 6.45) is -3.52. The van der Waals surface area contributed by atoms with Gasteiger partial charge in [0, 0.05) is 37.1 Å². The van der Waals surface area contributed by atoms with Gasteiger partial charge >= 0.3 is 12.1 Å². The van der Waals surface area contributed by atoms with Crippen LogP contribution in [0.3, 0.4) is 0 Å². The first-order valence-corrected chi connectivity index (χ1v) is 11.7. The zero-order valence-corrected chi connectivity index (χ0v) is 20.8. The van der Waals surface area contributed by atoms with Gasteiger partial charge in [0.1, 0.15) is 17.5 Å². The average Bonchev–Trinajstić information content (AvgIpc) is 2.90. The van der Waals surface area contributed by atoms with Crippen molar-refractivity contribution in [2.75, 3.05) is 6.61 Å². The van der Waals surface area contributed by atoms with E-state index in [1.165, 1.54) is 31.6 Å². The summed E-state index contributed by atoms with van der Waals surface area (Å²) in [7, 11) is 1.40. The number of halogens is 3. The summed E-state index contributed by atoms with van der Waals surface area (Å²) < 4.78 is 49.4. The Hall–Kier alpha value is -4.52. The zero-order chi connectivity index (χ0) is 28.3. The van der Waals surface area contributed by atoms with Crippen LogP contribution in [0.5, 0.6) is 5.75 Å². The van der Waals surface area contributed by atoms with Crippen molar-refractivity contribution >= 4 is 17.5 Å². The molecule has 0 radical (unpaired) electrons. The van der Waals surface area contributed by atoms with Gasteiger partial charge in [-0.05, 0) is 42.7 Å². The molecule has 1 aromatic carbocycles. The van der Waals surface area contributed by atoms with Crippen molar-refractivity contribution in [1.82, 2.24) is 19.1 Å². The maximum Gasteiger partial charge on any atom is 0.573 e. The molecule has 4 aromatic rings. The molecular weight excluding hydrogens is 521 g/mol. The second-order valence-corrected chi connectivity index (χ2v) is 8.64. The number of hydrogen-bond donors (Lipinski definition) is 1. The van der Waals surface area contributed by atoms with E-state index < -0.39 is 29.5 Å². The lowest BCUT2D eigenvalue weighted by Crippen LogP contribution is -2.40. The number of fused-ring (bicyclic) bond motifs is 1. The first kappa shape index (κ1) is 27.5. The number of aromatic nitrogens is 4. The van der Waals surface area contributed by atoms with Crippen molar-refractivity contribution in [3.8, 4) is 16.9 Å². The Balaban J connectivity index is 2.01. The molecule has 0 aliphatic rings. The molecule has 3 heterocycles.